The highest BCUT2D eigenvalue weighted by Crippen LogP contribution is 2.38. The molecule has 66 heavy (non-hydrogen) atoms. The third kappa shape index (κ3) is 21.3. The summed E-state index contributed by atoms with van der Waals surface area (Å²) in [4.78, 5) is 22.1. The van der Waals surface area contributed by atoms with Crippen LogP contribution in [0.3, 0.4) is 0 Å². The van der Waals surface area contributed by atoms with Crippen LogP contribution in [0, 0.1) is 35.5 Å². The predicted molar refractivity (Wildman–Crippen MR) is 280 cm³/mol. The minimum absolute atomic E-state index is 0.0764. The number of hydrogen-bond donors (Lipinski definition) is 2. The van der Waals surface area contributed by atoms with Crippen LogP contribution in [-0.2, 0) is 57.1 Å². The van der Waals surface area contributed by atoms with Crippen molar-refractivity contribution >= 4 is 133 Å². The zero-order chi connectivity index (χ0) is 48.7. The van der Waals surface area contributed by atoms with E-state index in [1.54, 1.807) is 85.2 Å². The molecule has 0 bridgehead atoms. The predicted octanol–water partition coefficient (Wildman–Crippen LogP) is 7.54. The Morgan fingerprint density at radius 1 is 0.591 bits per heavy atom. The Bertz CT molecular complexity index is 1820. The van der Waals surface area contributed by atoms with Gasteiger partial charge in [-0.05, 0) is 38.1 Å². The van der Waals surface area contributed by atoms with E-state index < -0.39 is 25.7 Å². The number of hydrogen-bond acceptors (Lipinski definition) is 20. The smallest absolute Gasteiger partial charge is 0.296 e. The van der Waals surface area contributed by atoms with Gasteiger partial charge in [-0.2, -0.15) is 63.9 Å². The molecule has 0 atom stereocenters. The highest BCUT2D eigenvalue weighted by atomic mass is 79.9. The van der Waals surface area contributed by atoms with E-state index in [9.17, 15) is 26.4 Å². The Kier molecular flexibility index (Phi) is 28.0. The van der Waals surface area contributed by atoms with Gasteiger partial charge < -0.3 is 29.2 Å². The van der Waals surface area contributed by atoms with Crippen LogP contribution < -0.4 is 0 Å². The SMILES string of the molecule is BrCC1(CBr)COCOC1.CC(=O)SCC1(CSC(C)=O)COCOC1.Cc1ccc(S(=O)(=O)OCC2(COS(=O)(=O)c3ccc(C)cc3)CSCSC2)cc1.OCC1(CO)CSCSC1. The molecule has 0 aliphatic carbocycles. The van der Waals surface area contributed by atoms with Gasteiger partial charge in [0.15, 0.2) is 10.2 Å². The van der Waals surface area contributed by atoms with Crippen molar-refractivity contribution in [2.24, 2.45) is 21.7 Å². The van der Waals surface area contributed by atoms with Gasteiger partial charge in [0, 0.05) is 90.9 Å². The Morgan fingerprint density at radius 3 is 1.21 bits per heavy atom. The van der Waals surface area contributed by atoms with Crippen molar-refractivity contribution in [1.29, 1.82) is 0 Å². The van der Waals surface area contributed by atoms with Gasteiger partial charge in [-0.25, -0.2) is 0 Å². The molecule has 0 radical (unpaired) electrons. The largest absolute Gasteiger partial charge is 0.396 e. The van der Waals surface area contributed by atoms with E-state index in [0.717, 1.165) is 56.7 Å². The van der Waals surface area contributed by atoms with Crippen LogP contribution >= 0.6 is 102 Å². The lowest BCUT2D eigenvalue weighted by Crippen LogP contribution is -2.42. The minimum Gasteiger partial charge on any atom is -0.396 e. The number of carbonyl (C=O) groups is 2. The van der Waals surface area contributed by atoms with Gasteiger partial charge in [-0.3, -0.25) is 18.0 Å². The number of aliphatic hydroxyl groups is 2. The third-order valence-corrected chi connectivity index (χ3v) is 23.2. The summed E-state index contributed by atoms with van der Waals surface area (Å²) in [5, 5.41) is 21.9. The van der Waals surface area contributed by atoms with Crippen LogP contribution in [-0.4, -0.2) is 159 Å². The summed E-state index contributed by atoms with van der Waals surface area (Å²) >= 11 is 16.2. The first kappa shape index (κ1) is 60.7. The maximum Gasteiger partial charge on any atom is 0.296 e. The van der Waals surface area contributed by atoms with Crippen molar-refractivity contribution in [3.63, 3.8) is 0 Å². The Labute approximate surface area is 433 Å². The molecular formula is C42H62Br2O14S8. The number of halogens is 2. The van der Waals surface area contributed by atoms with Crippen LogP contribution in [0.4, 0.5) is 0 Å². The van der Waals surface area contributed by atoms with Gasteiger partial charge in [0.2, 0.25) is 0 Å². The Balaban J connectivity index is 0.000000266. The second-order valence-corrected chi connectivity index (χ2v) is 27.8. The lowest BCUT2D eigenvalue weighted by atomic mass is 9.95. The molecule has 0 amide bonds. The van der Waals surface area contributed by atoms with Crippen molar-refractivity contribution in [2.75, 3.05) is 122 Å². The maximum absolute atomic E-state index is 12.6. The van der Waals surface area contributed by atoms with E-state index in [4.69, 9.17) is 37.5 Å². The lowest BCUT2D eigenvalue weighted by molar-refractivity contribution is -0.150. The highest BCUT2D eigenvalue weighted by Gasteiger charge is 2.39. The van der Waals surface area contributed by atoms with Crippen molar-refractivity contribution in [1.82, 2.24) is 0 Å². The molecule has 0 saturated carbocycles. The van der Waals surface area contributed by atoms with Crippen LogP contribution in [0.15, 0.2) is 58.3 Å². The van der Waals surface area contributed by atoms with Crippen molar-refractivity contribution < 1.29 is 64.0 Å². The first-order chi connectivity index (χ1) is 31.3. The van der Waals surface area contributed by atoms with E-state index in [-0.39, 0.29) is 62.7 Å². The summed E-state index contributed by atoms with van der Waals surface area (Å²) in [5.74, 6) is 4.17. The summed E-state index contributed by atoms with van der Waals surface area (Å²) in [6.45, 7) is 10.2. The Hall–Kier alpha value is 0.420. The Morgan fingerprint density at radius 2 is 0.924 bits per heavy atom. The zero-order valence-electron chi connectivity index (χ0n) is 37.6. The van der Waals surface area contributed by atoms with E-state index in [1.807, 2.05) is 13.8 Å². The van der Waals surface area contributed by atoms with Crippen LogP contribution in [0.5, 0.6) is 0 Å². The van der Waals surface area contributed by atoms with Crippen LogP contribution in [0.2, 0.25) is 0 Å². The molecule has 4 fully saturated rings. The fourth-order valence-electron chi connectivity index (χ4n) is 5.77. The number of thioether (sulfide) groups is 6. The molecule has 4 heterocycles. The average Bonchev–Trinajstić information content (AvgIpc) is 3.33. The molecule has 376 valence electrons. The molecule has 4 saturated heterocycles. The number of carbonyl (C=O) groups excluding carboxylic acids is 2. The van der Waals surface area contributed by atoms with Crippen LogP contribution in [0.25, 0.3) is 0 Å². The third-order valence-electron chi connectivity index (χ3n) is 9.99. The molecule has 2 aromatic carbocycles. The fraction of sp³-hybridized carbons (Fsp3) is 0.667. The van der Waals surface area contributed by atoms with Gasteiger partial charge in [0.25, 0.3) is 20.2 Å². The van der Waals surface area contributed by atoms with Crippen molar-refractivity contribution in [3.05, 3.63) is 59.7 Å². The highest BCUT2D eigenvalue weighted by molar-refractivity contribution is 9.09. The molecule has 4 aliphatic heterocycles. The van der Waals surface area contributed by atoms with Gasteiger partial charge in [-0.1, -0.05) is 90.8 Å². The van der Waals surface area contributed by atoms with E-state index in [0.29, 0.717) is 49.8 Å². The van der Waals surface area contributed by atoms with E-state index in [2.05, 4.69) is 31.9 Å². The van der Waals surface area contributed by atoms with Crippen LogP contribution in [0.1, 0.15) is 25.0 Å². The lowest BCUT2D eigenvalue weighted by Gasteiger charge is -2.35. The normalized spacial score (nSPS) is 19.9. The average molecular weight is 1210 g/mol. The molecule has 0 unspecified atom stereocenters. The number of benzene rings is 2. The summed E-state index contributed by atoms with van der Waals surface area (Å²) < 4.78 is 82.0. The molecule has 24 heteroatoms. The number of alkyl halides is 2. The number of aliphatic hydroxyl groups excluding tert-OH is 2. The van der Waals surface area contributed by atoms with Crippen molar-refractivity contribution in [2.45, 2.75) is 37.5 Å². The summed E-state index contributed by atoms with van der Waals surface area (Å²) in [6.07, 6.45) is 0. The molecule has 0 aromatic heterocycles. The second kappa shape index (κ2) is 30.5. The van der Waals surface area contributed by atoms with Gasteiger partial charge >= 0.3 is 0 Å². The molecule has 4 aliphatic rings. The number of aryl methyl sites for hydroxylation is 2. The first-order valence-electron chi connectivity index (χ1n) is 20.5. The van der Waals surface area contributed by atoms with E-state index >= 15 is 0 Å². The van der Waals surface area contributed by atoms with Gasteiger partial charge in [0.1, 0.15) is 13.6 Å². The number of rotatable bonds is 16. The monoisotopic (exact) mass is 1200 g/mol. The molecule has 2 N–H and O–H groups in total. The van der Waals surface area contributed by atoms with Gasteiger partial charge in [0.05, 0.1) is 62.6 Å². The van der Waals surface area contributed by atoms with Crippen molar-refractivity contribution in [3.8, 4) is 0 Å². The summed E-state index contributed by atoms with van der Waals surface area (Å²) in [6, 6.07) is 12.8. The first-order valence-corrected chi connectivity index (χ1v) is 32.1. The molecule has 6 rings (SSSR count). The standard InChI is InChI=1S/C20H24O6S4.C10H16O4S2.C6H10Br2O2.C6H12O2S2/c1-16-3-7-18(8-4-16)29(21,22)25-11-20(13-27-15-28-14-20)12-26-30(23,24)19-9-5-17(2)6-10-19;1-8(11)15-5-10(6-16-9(2)12)3-13-7-14-4-10;2*7-1-6(2-8)3-9-5-10-4-6/h3-10H,11-15H2,1-2H3;3-7H2,1-2H3;1-5H2;7-8H,1-5H2. The molecular weight excluding hydrogens is 1140 g/mol. The summed E-state index contributed by atoms with van der Waals surface area (Å²) in [5.41, 5.74) is 0.889. The molecule has 14 nitrogen and oxygen atoms in total. The quantitative estimate of drug-likeness (QED) is 0.123. The molecule has 2 aromatic rings. The topological polar surface area (TPSA) is 198 Å². The van der Waals surface area contributed by atoms with E-state index in [1.165, 1.54) is 47.8 Å². The van der Waals surface area contributed by atoms with Gasteiger partial charge in [-0.15, -0.1) is 0 Å². The number of ether oxygens (including phenoxy) is 4. The maximum atomic E-state index is 12.6. The second-order valence-electron chi connectivity index (χ2n) is 16.5. The molecule has 0 spiro atoms. The zero-order valence-corrected chi connectivity index (χ0v) is 47.3. The minimum atomic E-state index is -3.95. The summed E-state index contributed by atoms with van der Waals surface area (Å²) in [7, 11) is -7.90. The fourth-order valence-corrected chi connectivity index (χ4v) is 16.4.